The highest BCUT2D eigenvalue weighted by Crippen LogP contribution is 2.38. The van der Waals surface area contributed by atoms with Crippen LogP contribution in [0.2, 0.25) is 0 Å². The Kier molecular flexibility index (Phi) is 4.79. The molecule has 0 spiro atoms. The molecule has 1 amide bonds. The van der Waals surface area contributed by atoms with Crippen LogP contribution in [0.5, 0.6) is 0 Å². The molecule has 4 heterocycles. The van der Waals surface area contributed by atoms with E-state index in [1.54, 1.807) is 43.6 Å². The molecule has 0 unspecified atom stereocenters. The summed E-state index contributed by atoms with van der Waals surface area (Å²) >= 11 is 0. The van der Waals surface area contributed by atoms with Crippen molar-refractivity contribution in [3.8, 4) is 11.4 Å². The summed E-state index contributed by atoms with van der Waals surface area (Å²) in [4.78, 5) is 25.5. The summed E-state index contributed by atoms with van der Waals surface area (Å²) in [5.74, 6) is 0.832. The molecule has 0 bridgehead atoms. The number of fused-ring (bicyclic) bond motifs is 2. The second-order valence-corrected chi connectivity index (χ2v) is 8.84. The number of hydrogen-bond acceptors (Lipinski definition) is 7. The van der Waals surface area contributed by atoms with Crippen molar-refractivity contribution in [3.05, 3.63) is 48.3 Å². The van der Waals surface area contributed by atoms with Gasteiger partial charge in [-0.15, -0.1) is 4.09 Å². The van der Waals surface area contributed by atoms with E-state index in [0.717, 1.165) is 8.39 Å². The highest BCUT2D eigenvalue weighted by Gasteiger charge is 2.31. The SMILES string of the molecule is CCN1c2ncccc2C(=O)N(C)c2ccc(-c3ccnn3S(=O)(=O)N(C)C)nc21. The second kappa shape index (κ2) is 7.18. The smallest absolute Gasteiger partial charge is 0.309 e. The minimum Gasteiger partial charge on any atom is -0.309 e. The lowest BCUT2D eigenvalue weighted by atomic mass is 10.2. The largest absolute Gasteiger partial charge is 0.323 e. The van der Waals surface area contributed by atoms with Crippen molar-refractivity contribution in [2.45, 2.75) is 6.92 Å². The number of rotatable bonds is 4. The molecule has 3 aromatic rings. The first-order valence-electron chi connectivity index (χ1n) is 9.26. The minimum absolute atomic E-state index is 0.190. The Hall–Kier alpha value is -3.31. The predicted octanol–water partition coefficient (Wildman–Crippen LogP) is 1.74. The predicted molar refractivity (Wildman–Crippen MR) is 113 cm³/mol. The van der Waals surface area contributed by atoms with Crippen LogP contribution in [0, 0.1) is 0 Å². The van der Waals surface area contributed by atoms with Gasteiger partial charge in [-0.2, -0.15) is 17.8 Å². The molecule has 0 aromatic carbocycles. The molecule has 3 aromatic heterocycles. The maximum Gasteiger partial charge on any atom is 0.323 e. The molecule has 0 saturated heterocycles. The summed E-state index contributed by atoms with van der Waals surface area (Å²) in [6.07, 6.45) is 3.04. The van der Waals surface area contributed by atoms with Gasteiger partial charge >= 0.3 is 10.2 Å². The van der Waals surface area contributed by atoms with Crippen LogP contribution < -0.4 is 9.80 Å². The Labute approximate surface area is 174 Å². The van der Waals surface area contributed by atoms with Crippen LogP contribution in [-0.2, 0) is 10.2 Å². The topological polar surface area (TPSA) is 105 Å². The summed E-state index contributed by atoms with van der Waals surface area (Å²) in [5.41, 5.74) is 1.81. The lowest BCUT2D eigenvalue weighted by molar-refractivity contribution is 0.0994. The minimum atomic E-state index is -3.82. The molecule has 11 heteroatoms. The number of hydrogen-bond donors (Lipinski definition) is 0. The van der Waals surface area contributed by atoms with E-state index in [9.17, 15) is 13.2 Å². The number of amides is 1. The Bertz CT molecular complexity index is 1240. The highest BCUT2D eigenvalue weighted by molar-refractivity contribution is 7.87. The standard InChI is InChI=1S/C19H21N7O3S/c1-5-25-17-13(7-6-11-20-17)19(27)24(4)16-9-8-14(22-18(16)25)15-10-12-21-26(15)30(28,29)23(2)3/h6-12H,5H2,1-4H3. The fourth-order valence-corrected chi connectivity index (χ4v) is 4.21. The van der Waals surface area contributed by atoms with Gasteiger partial charge in [0.25, 0.3) is 5.91 Å². The molecule has 0 N–H and O–H groups in total. The molecule has 0 fully saturated rings. The summed E-state index contributed by atoms with van der Waals surface area (Å²) in [6.45, 7) is 2.46. The van der Waals surface area contributed by atoms with E-state index in [-0.39, 0.29) is 5.91 Å². The van der Waals surface area contributed by atoms with Gasteiger partial charge in [0.05, 0.1) is 23.1 Å². The van der Waals surface area contributed by atoms with Gasteiger partial charge in [-0.05, 0) is 37.3 Å². The third-order valence-corrected chi connectivity index (χ3v) is 6.57. The van der Waals surface area contributed by atoms with Crippen LogP contribution in [-0.4, -0.2) is 65.5 Å². The Morgan fingerprint density at radius 3 is 2.53 bits per heavy atom. The molecule has 10 nitrogen and oxygen atoms in total. The normalized spacial score (nSPS) is 14.0. The van der Waals surface area contributed by atoms with Gasteiger partial charge < -0.3 is 9.80 Å². The third-order valence-electron chi connectivity index (χ3n) is 4.92. The molecule has 1 aliphatic heterocycles. The number of pyridine rings is 2. The number of nitrogens with zero attached hydrogens (tertiary/aromatic N) is 7. The van der Waals surface area contributed by atoms with Crippen LogP contribution >= 0.6 is 0 Å². The van der Waals surface area contributed by atoms with Crippen LogP contribution in [0.3, 0.4) is 0 Å². The summed E-state index contributed by atoms with van der Waals surface area (Å²) < 4.78 is 27.3. The van der Waals surface area contributed by atoms with E-state index in [1.165, 1.54) is 25.2 Å². The molecular formula is C19H21N7O3S. The van der Waals surface area contributed by atoms with Crippen LogP contribution in [0.25, 0.3) is 11.4 Å². The Balaban J connectivity index is 1.93. The lowest BCUT2D eigenvalue weighted by Crippen LogP contribution is -2.30. The zero-order chi connectivity index (χ0) is 21.6. The molecule has 0 saturated carbocycles. The maximum absolute atomic E-state index is 13.0. The van der Waals surface area contributed by atoms with Crippen molar-refractivity contribution in [1.29, 1.82) is 0 Å². The quantitative estimate of drug-likeness (QED) is 0.625. The van der Waals surface area contributed by atoms with Crippen LogP contribution in [0.1, 0.15) is 17.3 Å². The third kappa shape index (κ3) is 2.94. The molecular weight excluding hydrogens is 406 g/mol. The molecule has 0 aliphatic carbocycles. The van der Waals surface area contributed by atoms with E-state index >= 15 is 0 Å². The van der Waals surface area contributed by atoms with Crippen LogP contribution in [0.4, 0.5) is 17.3 Å². The van der Waals surface area contributed by atoms with E-state index in [1.807, 2.05) is 11.8 Å². The lowest BCUT2D eigenvalue weighted by Gasteiger charge is -2.23. The fourth-order valence-electron chi connectivity index (χ4n) is 3.33. The number of carbonyl (C=O) groups excluding carboxylic acids is 1. The van der Waals surface area contributed by atoms with E-state index < -0.39 is 10.2 Å². The summed E-state index contributed by atoms with van der Waals surface area (Å²) in [6, 6.07) is 8.47. The molecule has 0 atom stereocenters. The van der Waals surface area contributed by atoms with Gasteiger partial charge in [0, 0.05) is 33.9 Å². The zero-order valence-corrected chi connectivity index (χ0v) is 17.8. The number of carbonyl (C=O) groups is 1. The average Bonchev–Trinajstić information content (AvgIpc) is 3.21. The van der Waals surface area contributed by atoms with E-state index in [0.29, 0.717) is 40.8 Å². The molecule has 0 radical (unpaired) electrons. The zero-order valence-electron chi connectivity index (χ0n) is 17.0. The summed E-state index contributed by atoms with van der Waals surface area (Å²) in [7, 11) is 0.736. The Morgan fingerprint density at radius 1 is 1.07 bits per heavy atom. The molecule has 156 valence electrons. The number of aromatic nitrogens is 4. The number of anilines is 3. The molecule has 1 aliphatic rings. The van der Waals surface area contributed by atoms with E-state index in [4.69, 9.17) is 4.98 Å². The van der Waals surface area contributed by atoms with Crippen molar-refractivity contribution in [2.24, 2.45) is 0 Å². The molecule has 30 heavy (non-hydrogen) atoms. The first-order valence-corrected chi connectivity index (χ1v) is 10.7. The maximum atomic E-state index is 13.0. The first-order chi connectivity index (χ1) is 14.3. The first kappa shape index (κ1) is 20.0. The van der Waals surface area contributed by atoms with Gasteiger partial charge in [0.2, 0.25) is 0 Å². The van der Waals surface area contributed by atoms with Crippen molar-refractivity contribution in [3.63, 3.8) is 0 Å². The van der Waals surface area contributed by atoms with Gasteiger partial charge in [0.15, 0.2) is 5.82 Å². The van der Waals surface area contributed by atoms with Gasteiger partial charge in [-0.25, -0.2) is 9.97 Å². The van der Waals surface area contributed by atoms with Gasteiger partial charge in [-0.1, -0.05) is 0 Å². The Morgan fingerprint density at radius 2 is 1.83 bits per heavy atom. The summed E-state index contributed by atoms with van der Waals surface area (Å²) in [5, 5.41) is 3.97. The monoisotopic (exact) mass is 427 g/mol. The second-order valence-electron chi connectivity index (χ2n) is 6.87. The van der Waals surface area contributed by atoms with Crippen molar-refractivity contribution < 1.29 is 13.2 Å². The van der Waals surface area contributed by atoms with Crippen molar-refractivity contribution >= 4 is 33.4 Å². The van der Waals surface area contributed by atoms with Crippen molar-refractivity contribution in [1.82, 2.24) is 23.5 Å². The van der Waals surface area contributed by atoms with Crippen LogP contribution in [0.15, 0.2) is 42.7 Å². The fraction of sp³-hybridized carbons (Fsp3) is 0.263. The van der Waals surface area contributed by atoms with Gasteiger partial charge in [0.1, 0.15) is 11.5 Å². The van der Waals surface area contributed by atoms with Crippen molar-refractivity contribution in [2.75, 3.05) is 37.5 Å². The van der Waals surface area contributed by atoms with Gasteiger partial charge in [-0.3, -0.25) is 4.79 Å². The van der Waals surface area contributed by atoms with E-state index in [2.05, 4.69) is 10.1 Å². The average molecular weight is 427 g/mol. The molecule has 4 rings (SSSR count). The highest BCUT2D eigenvalue weighted by atomic mass is 32.2.